The van der Waals surface area contributed by atoms with Gasteiger partial charge in [0.15, 0.2) is 0 Å². The van der Waals surface area contributed by atoms with Crippen LogP contribution in [0.5, 0.6) is 5.75 Å². The fourth-order valence-corrected chi connectivity index (χ4v) is 3.48. The van der Waals surface area contributed by atoms with Crippen molar-refractivity contribution in [2.24, 2.45) is 0 Å². The summed E-state index contributed by atoms with van der Waals surface area (Å²) in [4.78, 5) is 13.1. The van der Waals surface area contributed by atoms with Gasteiger partial charge in [-0.3, -0.25) is 4.79 Å². The molecular weight excluding hydrogens is 322 g/mol. The summed E-state index contributed by atoms with van der Waals surface area (Å²) in [5, 5.41) is 13.0. The first-order valence-electron chi connectivity index (χ1n) is 8.10. The average molecular weight is 343 g/mol. The van der Waals surface area contributed by atoms with Crippen LogP contribution in [-0.2, 0) is 11.2 Å². The molecule has 0 saturated carbocycles. The number of amides is 1. The molecule has 0 bridgehead atoms. The Kier molecular flexibility index (Phi) is 5.77. The summed E-state index contributed by atoms with van der Waals surface area (Å²) in [6.07, 6.45) is 0.616. The van der Waals surface area contributed by atoms with E-state index < -0.39 is 6.10 Å². The molecule has 4 nitrogen and oxygen atoms in total. The van der Waals surface area contributed by atoms with E-state index in [1.165, 1.54) is 0 Å². The first kappa shape index (κ1) is 16.9. The van der Waals surface area contributed by atoms with Crippen LogP contribution in [0.1, 0.15) is 23.7 Å². The normalized spacial score (nSPS) is 13.9. The van der Waals surface area contributed by atoms with E-state index in [1.807, 2.05) is 48.5 Å². The molecular formula is C19H21NO3S. The Labute approximate surface area is 146 Å². The Morgan fingerprint density at radius 1 is 1.25 bits per heavy atom. The van der Waals surface area contributed by atoms with Crippen molar-refractivity contribution in [2.45, 2.75) is 23.8 Å². The van der Waals surface area contributed by atoms with E-state index >= 15 is 0 Å². The van der Waals surface area contributed by atoms with E-state index in [-0.39, 0.29) is 12.5 Å². The van der Waals surface area contributed by atoms with Crippen LogP contribution in [0.25, 0.3) is 0 Å². The molecule has 1 heterocycles. The first-order valence-corrected chi connectivity index (χ1v) is 9.09. The number of fused-ring (bicyclic) bond motifs is 1. The van der Waals surface area contributed by atoms with Gasteiger partial charge in [0.1, 0.15) is 5.75 Å². The molecule has 0 fully saturated rings. The molecule has 1 atom stereocenters. The fourth-order valence-electron chi connectivity index (χ4n) is 2.61. The van der Waals surface area contributed by atoms with Crippen molar-refractivity contribution in [1.82, 2.24) is 5.32 Å². The molecule has 3 rings (SSSR count). The lowest BCUT2D eigenvalue weighted by atomic mass is 10.0. The number of rotatable bonds is 7. The van der Waals surface area contributed by atoms with Gasteiger partial charge in [-0.05, 0) is 35.4 Å². The molecule has 0 spiro atoms. The monoisotopic (exact) mass is 343 g/mol. The number of aliphatic hydroxyl groups is 1. The van der Waals surface area contributed by atoms with Crippen LogP contribution < -0.4 is 10.1 Å². The number of nitrogens with one attached hydrogen (secondary N) is 1. The predicted molar refractivity (Wildman–Crippen MR) is 95.4 cm³/mol. The minimum Gasteiger partial charge on any atom is -0.493 e. The van der Waals surface area contributed by atoms with Gasteiger partial charge in [-0.1, -0.05) is 24.3 Å². The number of hydrogen-bond donors (Lipinski definition) is 2. The average Bonchev–Trinajstić information content (AvgIpc) is 3.08. The molecule has 2 N–H and O–H groups in total. The summed E-state index contributed by atoms with van der Waals surface area (Å²) in [6.45, 7) is 0.930. The zero-order valence-electron chi connectivity index (χ0n) is 13.4. The Morgan fingerprint density at radius 2 is 2.08 bits per heavy atom. The first-order chi connectivity index (χ1) is 11.7. The summed E-state index contributed by atoms with van der Waals surface area (Å²) < 4.78 is 5.46. The van der Waals surface area contributed by atoms with Crippen molar-refractivity contribution < 1.29 is 14.6 Å². The van der Waals surface area contributed by atoms with Crippen LogP contribution in [0.15, 0.2) is 53.4 Å². The standard InChI is InChI=1S/C19H21NO3S/c21-17(14-6-7-18-15(12-14)8-10-23-18)13-20-19(22)9-11-24-16-4-2-1-3-5-16/h1-7,12,17,21H,8-11,13H2,(H,20,22). The lowest BCUT2D eigenvalue weighted by molar-refractivity contribution is -0.121. The van der Waals surface area contributed by atoms with Gasteiger partial charge in [0.05, 0.1) is 12.7 Å². The topological polar surface area (TPSA) is 58.6 Å². The number of carbonyl (C=O) groups excluding carboxylic acids is 1. The van der Waals surface area contributed by atoms with Crippen LogP contribution in [0.2, 0.25) is 0 Å². The Balaban J connectivity index is 1.41. The Hall–Kier alpha value is -1.98. The fraction of sp³-hybridized carbons (Fsp3) is 0.316. The van der Waals surface area contributed by atoms with E-state index in [0.717, 1.165) is 33.9 Å². The SMILES string of the molecule is O=C(CCSc1ccccc1)NCC(O)c1ccc2c(c1)CCO2. The molecule has 0 aromatic heterocycles. The van der Waals surface area contributed by atoms with Gasteiger partial charge in [-0.15, -0.1) is 11.8 Å². The minimum absolute atomic E-state index is 0.0398. The van der Waals surface area contributed by atoms with Crippen LogP contribution in [-0.4, -0.2) is 29.9 Å². The highest BCUT2D eigenvalue weighted by Crippen LogP contribution is 2.28. The quantitative estimate of drug-likeness (QED) is 0.759. The van der Waals surface area contributed by atoms with E-state index in [9.17, 15) is 9.90 Å². The van der Waals surface area contributed by atoms with Gasteiger partial charge >= 0.3 is 0 Å². The van der Waals surface area contributed by atoms with Crippen molar-refractivity contribution in [3.63, 3.8) is 0 Å². The molecule has 126 valence electrons. The van der Waals surface area contributed by atoms with Crippen LogP contribution in [0.4, 0.5) is 0 Å². The van der Waals surface area contributed by atoms with E-state index in [2.05, 4.69) is 5.32 Å². The molecule has 1 aliphatic rings. The molecule has 1 amide bonds. The van der Waals surface area contributed by atoms with Gasteiger partial charge in [-0.25, -0.2) is 0 Å². The third-order valence-corrected chi connectivity index (χ3v) is 4.95. The maximum Gasteiger partial charge on any atom is 0.220 e. The van der Waals surface area contributed by atoms with Crippen LogP contribution >= 0.6 is 11.8 Å². The lowest BCUT2D eigenvalue weighted by Crippen LogP contribution is -2.28. The van der Waals surface area contributed by atoms with Gasteiger partial charge in [-0.2, -0.15) is 0 Å². The van der Waals surface area contributed by atoms with Crippen molar-refractivity contribution in [2.75, 3.05) is 18.9 Å². The summed E-state index contributed by atoms with van der Waals surface area (Å²) in [5.41, 5.74) is 1.94. The number of aliphatic hydroxyl groups excluding tert-OH is 1. The molecule has 1 aliphatic heterocycles. The minimum atomic E-state index is -0.693. The molecule has 1 unspecified atom stereocenters. The van der Waals surface area contributed by atoms with Gasteiger partial charge in [0, 0.05) is 30.0 Å². The predicted octanol–water partition coefficient (Wildman–Crippen LogP) is 2.95. The molecule has 0 saturated heterocycles. The number of carbonyl (C=O) groups is 1. The summed E-state index contributed by atoms with van der Waals surface area (Å²) in [6, 6.07) is 15.7. The van der Waals surface area contributed by atoms with Gasteiger partial charge in [0.25, 0.3) is 0 Å². The zero-order chi connectivity index (χ0) is 16.8. The third kappa shape index (κ3) is 4.52. The number of ether oxygens (including phenoxy) is 1. The molecule has 0 aliphatic carbocycles. The van der Waals surface area contributed by atoms with E-state index in [4.69, 9.17) is 4.74 Å². The second-order valence-electron chi connectivity index (χ2n) is 5.70. The molecule has 2 aromatic rings. The molecule has 24 heavy (non-hydrogen) atoms. The highest BCUT2D eigenvalue weighted by Gasteiger charge is 2.16. The number of benzene rings is 2. The second kappa shape index (κ2) is 8.22. The van der Waals surface area contributed by atoms with Crippen LogP contribution in [0, 0.1) is 0 Å². The van der Waals surface area contributed by atoms with Gasteiger partial charge in [0.2, 0.25) is 5.91 Å². The van der Waals surface area contributed by atoms with Crippen molar-refractivity contribution >= 4 is 17.7 Å². The largest absolute Gasteiger partial charge is 0.493 e. The van der Waals surface area contributed by atoms with Gasteiger partial charge < -0.3 is 15.2 Å². The number of thioether (sulfide) groups is 1. The molecule has 2 aromatic carbocycles. The summed E-state index contributed by atoms with van der Waals surface area (Å²) >= 11 is 1.66. The Bertz CT molecular complexity index is 690. The lowest BCUT2D eigenvalue weighted by Gasteiger charge is -2.13. The second-order valence-corrected chi connectivity index (χ2v) is 6.87. The maximum absolute atomic E-state index is 11.9. The Morgan fingerprint density at radius 3 is 2.92 bits per heavy atom. The smallest absolute Gasteiger partial charge is 0.220 e. The number of hydrogen-bond acceptors (Lipinski definition) is 4. The molecule has 5 heteroatoms. The van der Waals surface area contributed by atoms with E-state index in [1.54, 1.807) is 11.8 Å². The van der Waals surface area contributed by atoms with Crippen LogP contribution in [0.3, 0.4) is 0 Å². The molecule has 0 radical (unpaired) electrons. The zero-order valence-corrected chi connectivity index (χ0v) is 14.2. The van der Waals surface area contributed by atoms with Crippen molar-refractivity contribution in [1.29, 1.82) is 0 Å². The highest BCUT2D eigenvalue weighted by atomic mass is 32.2. The summed E-state index contributed by atoms with van der Waals surface area (Å²) in [5.74, 6) is 1.58. The van der Waals surface area contributed by atoms with Crippen molar-refractivity contribution in [3.8, 4) is 5.75 Å². The summed E-state index contributed by atoms with van der Waals surface area (Å²) in [7, 11) is 0. The highest BCUT2D eigenvalue weighted by molar-refractivity contribution is 7.99. The van der Waals surface area contributed by atoms with E-state index in [0.29, 0.717) is 13.0 Å². The maximum atomic E-state index is 11.9. The van der Waals surface area contributed by atoms with Crippen molar-refractivity contribution in [3.05, 3.63) is 59.7 Å². The third-order valence-electron chi connectivity index (χ3n) is 3.93.